The van der Waals surface area contributed by atoms with Crippen LogP contribution in [0.15, 0.2) is 36.5 Å². The average Bonchev–Trinajstić information content (AvgIpc) is 2.94. The van der Waals surface area contributed by atoms with Gasteiger partial charge in [-0.15, -0.1) is 12.4 Å². The Morgan fingerprint density at radius 1 is 1.25 bits per heavy atom. The molecule has 0 aliphatic carbocycles. The maximum atomic E-state index is 12.6. The molecular formula is C18H27ClN4O. The summed E-state index contributed by atoms with van der Waals surface area (Å²) in [5, 5.41) is 7.46. The summed E-state index contributed by atoms with van der Waals surface area (Å²) in [7, 11) is 0. The lowest BCUT2D eigenvalue weighted by Crippen LogP contribution is -2.52. The molecule has 0 saturated carbocycles. The normalized spacial score (nSPS) is 11.0. The minimum absolute atomic E-state index is 0. The number of nitrogens with zero attached hydrogens (tertiary/aromatic N) is 2. The van der Waals surface area contributed by atoms with Crippen LogP contribution in [0.2, 0.25) is 0 Å². The summed E-state index contributed by atoms with van der Waals surface area (Å²) in [6.45, 7) is 7.10. The highest BCUT2D eigenvalue weighted by atomic mass is 35.5. The largest absolute Gasteiger partial charge is 0.345 e. The first-order valence-electron chi connectivity index (χ1n) is 8.14. The lowest BCUT2D eigenvalue weighted by atomic mass is 9.92. The standard InChI is InChI=1S/C18H26N4O.ClH/c1-4-18(5-2,13-19)21-17(23)16-11-20-22(14(16)3)12-15-9-7-6-8-10-15;/h6-11H,4-5,12-13,19H2,1-3H3,(H,21,23);1H. The first kappa shape index (κ1) is 20.2. The van der Waals surface area contributed by atoms with Crippen LogP contribution in [0.25, 0.3) is 0 Å². The Morgan fingerprint density at radius 3 is 2.42 bits per heavy atom. The van der Waals surface area contributed by atoms with Gasteiger partial charge in [-0.1, -0.05) is 44.2 Å². The fourth-order valence-corrected chi connectivity index (χ4v) is 2.66. The summed E-state index contributed by atoms with van der Waals surface area (Å²) in [5.41, 5.74) is 8.16. The van der Waals surface area contributed by atoms with Crippen molar-refractivity contribution >= 4 is 18.3 Å². The molecule has 0 aliphatic heterocycles. The third kappa shape index (κ3) is 4.36. The van der Waals surface area contributed by atoms with Crippen molar-refractivity contribution in [3.05, 3.63) is 53.3 Å². The van der Waals surface area contributed by atoms with Crippen LogP contribution in [0.5, 0.6) is 0 Å². The number of amides is 1. The summed E-state index contributed by atoms with van der Waals surface area (Å²) in [6.07, 6.45) is 3.26. The number of benzene rings is 1. The highest BCUT2D eigenvalue weighted by Gasteiger charge is 2.28. The zero-order valence-corrected chi connectivity index (χ0v) is 15.4. The summed E-state index contributed by atoms with van der Waals surface area (Å²) in [5.74, 6) is -0.101. The van der Waals surface area contributed by atoms with Crippen LogP contribution in [0.1, 0.15) is 48.3 Å². The van der Waals surface area contributed by atoms with Gasteiger partial charge in [0, 0.05) is 12.2 Å². The SMILES string of the molecule is CCC(CC)(CN)NC(=O)c1cnn(Cc2ccccc2)c1C.Cl. The lowest BCUT2D eigenvalue weighted by molar-refractivity contribution is 0.0894. The van der Waals surface area contributed by atoms with Crippen LogP contribution in [0.4, 0.5) is 0 Å². The lowest BCUT2D eigenvalue weighted by Gasteiger charge is -2.31. The van der Waals surface area contributed by atoms with E-state index in [2.05, 4.69) is 22.5 Å². The average molecular weight is 351 g/mol. The van der Waals surface area contributed by atoms with E-state index in [9.17, 15) is 4.79 Å². The van der Waals surface area contributed by atoms with Crippen molar-refractivity contribution in [2.45, 2.75) is 45.7 Å². The zero-order chi connectivity index (χ0) is 16.9. The molecule has 0 saturated heterocycles. The van der Waals surface area contributed by atoms with Crippen molar-refractivity contribution in [3.8, 4) is 0 Å². The number of nitrogens with two attached hydrogens (primary N) is 1. The number of carbonyl (C=O) groups is 1. The molecule has 1 aromatic carbocycles. The maximum Gasteiger partial charge on any atom is 0.255 e. The summed E-state index contributed by atoms with van der Waals surface area (Å²) in [4.78, 5) is 12.6. The number of nitrogens with one attached hydrogen (secondary N) is 1. The molecule has 132 valence electrons. The number of carbonyl (C=O) groups excluding carboxylic acids is 1. The molecule has 0 atom stereocenters. The highest BCUT2D eigenvalue weighted by Crippen LogP contribution is 2.16. The Kier molecular flexibility index (Phi) is 7.45. The number of hydrogen-bond donors (Lipinski definition) is 2. The third-order valence-corrected chi connectivity index (χ3v) is 4.65. The first-order chi connectivity index (χ1) is 11.0. The first-order valence-corrected chi connectivity index (χ1v) is 8.14. The van der Waals surface area contributed by atoms with E-state index >= 15 is 0 Å². The molecule has 3 N–H and O–H groups in total. The summed E-state index contributed by atoms with van der Waals surface area (Å²) >= 11 is 0. The Labute approximate surface area is 150 Å². The Hall–Kier alpha value is -1.85. The predicted octanol–water partition coefficient (Wildman–Crippen LogP) is 2.91. The minimum atomic E-state index is -0.342. The predicted molar refractivity (Wildman–Crippen MR) is 99.6 cm³/mol. The molecule has 0 radical (unpaired) electrons. The molecule has 0 spiro atoms. The molecule has 0 bridgehead atoms. The number of hydrogen-bond acceptors (Lipinski definition) is 3. The van der Waals surface area contributed by atoms with E-state index in [1.807, 2.05) is 43.7 Å². The summed E-state index contributed by atoms with van der Waals surface area (Å²) < 4.78 is 1.85. The monoisotopic (exact) mass is 350 g/mol. The molecule has 1 amide bonds. The smallest absolute Gasteiger partial charge is 0.255 e. The van der Waals surface area contributed by atoms with Crippen LogP contribution in [0, 0.1) is 6.92 Å². The van der Waals surface area contributed by atoms with Crippen LogP contribution in [-0.4, -0.2) is 27.8 Å². The van der Waals surface area contributed by atoms with Crippen LogP contribution in [-0.2, 0) is 6.54 Å². The van der Waals surface area contributed by atoms with Gasteiger partial charge in [-0.25, -0.2) is 0 Å². The molecule has 1 heterocycles. The Bertz CT molecular complexity index is 642. The second-order valence-electron chi connectivity index (χ2n) is 5.93. The molecule has 6 heteroatoms. The van der Waals surface area contributed by atoms with Crippen LogP contribution in [0.3, 0.4) is 0 Å². The van der Waals surface area contributed by atoms with Crippen molar-refractivity contribution in [3.63, 3.8) is 0 Å². The van der Waals surface area contributed by atoms with Gasteiger partial charge in [0.15, 0.2) is 0 Å². The van der Waals surface area contributed by atoms with Crippen LogP contribution >= 0.6 is 12.4 Å². The van der Waals surface area contributed by atoms with Crippen molar-refractivity contribution in [2.24, 2.45) is 5.73 Å². The van der Waals surface area contributed by atoms with Gasteiger partial charge in [0.25, 0.3) is 5.91 Å². The van der Waals surface area contributed by atoms with Crippen molar-refractivity contribution in [1.29, 1.82) is 0 Å². The molecule has 0 aliphatic rings. The fraction of sp³-hybridized carbons (Fsp3) is 0.444. The second-order valence-corrected chi connectivity index (χ2v) is 5.93. The number of aromatic nitrogens is 2. The van der Waals surface area contributed by atoms with Gasteiger partial charge in [0.05, 0.1) is 23.8 Å². The third-order valence-electron chi connectivity index (χ3n) is 4.65. The topological polar surface area (TPSA) is 72.9 Å². The van der Waals surface area contributed by atoms with Gasteiger partial charge in [-0.05, 0) is 25.3 Å². The second kappa shape index (κ2) is 8.85. The zero-order valence-electron chi connectivity index (χ0n) is 14.6. The molecule has 0 unspecified atom stereocenters. The van der Waals surface area contributed by atoms with E-state index in [4.69, 9.17) is 5.73 Å². The van der Waals surface area contributed by atoms with Crippen LogP contribution < -0.4 is 11.1 Å². The molecular weight excluding hydrogens is 324 g/mol. The number of halogens is 1. The Morgan fingerprint density at radius 2 is 1.88 bits per heavy atom. The molecule has 1 aromatic heterocycles. The van der Waals surface area contributed by atoms with E-state index in [0.717, 1.165) is 24.1 Å². The highest BCUT2D eigenvalue weighted by molar-refractivity contribution is 5.95. The molecule has 0 fully saturated rings. The van der Waals surface area contributed by atoms with Crippen molar-refractivity contribution in [1.82, 2.24) is 15.1 Å². The quantitative estimate of drug-likeness (QED) is 0.806. The van der Waals surface area contributed by atoms with E-state index in [1.165, 1.54) is 0 Å². The number of rotatable bonds is 7. The van der Waals surface area contributed by atoms with E-state index < -0.39 is 0 Å². The van der Waals surface area contributed by atoms with Gasteiger partial charge < -0.3 is 11.1 Å². The fourth-order valence-electron chi connectivity index (χ4n) is 2.66. The van der Waals surface area contributed by atoms with Gasteiger partial charge in [0.2, 0.25) is 0 Å². The van der Waals surface area contributed by atoms with Crippen molar-refractivity contribution in [2.75, 3.05) is 6.54 Å². The van der Waals surface area contributed by atoms with Gasteiger partial charge >= 0.3 is 0 Å². The van der Waals surface area contributed by atoms with E-state index in [-0.39, 0.29) is 23.9 Å². The van der Waals surface area contributed by atoms with Gasteiger partial charge in [-0.3, -0.25) is 9.48 Å². The van der Waals surface area contributed by atoms with E-state index in [0.29, 0.717) is 18.7 Å². The molecule has 2 aromatic rings. The van der Waals surface area contributed by atoms with E-state index in [1.54, 1.807) is 6.20 Å². The molecule has 2 rings (SSSR count). The van der Waals surface area contributed by atoms with Gasteiger partial charge in [-0.2, -0.15) is 5.10 Å². The van der Waals surface area contributed by atoms with Gasteiger partial charge in [0.1, 0.15) is 0 Å². The maximum absolute atomic E-state index is 12.6. The summed E-state index contributed by atoms with van der Waals surface area (Å²) in [6, 6.07) is 10.1. The van der Waals surface area contributed by atoms with Crippen molar-refractivity contribution < 1.29 is 4.79 Å². The molecule has 24 heavy (non-hydrogen) atoms. The Balaban J connectivity index is 0.00000288. The minimum Gasteiger partial charge on any atom is -0.345 e. The molecule has 5 nitrogen and oxygen atoms in total.